The molecule has 1 atom stereocenters. The van der Waals surface area contributed by atoms with Crippen LogP contribution >= 0.6 is 0 Å². The second-order valence-electron chi connectivity index (χ2n) is 5.20. The van der Waals surface area contributed by atoms with Crippen LogP contribution in [0.15, 0.2) is 48.6 Å². The minimum Gasteiger partial charge on any atom is -0.542 e. The van der Waals surface area contributed by atoms with Gasteiger partial charge in [0, 0.05) is 24.0 Å². The Morgan fingerprint density at radius 3 is 2.61 bits per heavy atom. The van der Waals surface area contributed by atoms with Gasteiger partial charge in [0.25, 0.3) is 0 Å². The molecule has 0 saturated heterocycles. The Hall–Kier alpha value is -1.83. The summed E-state index contributed by atoms with van der Waals surface area (Å²) >= 11 is 0. The van der Waals surface area contributed by atoms with E-state index in [9.17, 15) is 0 Å². The molecule has 1 unspecified atom stereocenters. The quantitative estimate of drug-likeness (QED) is 0.318. The third-order valence-corrected chi connectivity index (χ3v) is 3.25. The van der Waals surface area contributed by atoms with Gasteiger partial charge >= 0.3 is 37.7 Å². The summed E-state index contributed by atoms with van der Waals surface area (Å²) in [5.41, 5.74) is 7.74. The van der Waals surface area contributed by atoms with Crippen molar-refractivity contribution in [1.82, 2.24) is 15.0 Å². The first-order valence-electron chi connectivity index (χ1n) is 8.04. The van der Waals surface area contributed by atoms with Gasteiger partial charge in [0.1, 0.15) is 11.6 Å². The molecular weight excluding hydrogens is 340 g/mol. The summed E-state index contributed by atoms with van der Waals surface area (Å²) < 4.78 is 0. The Bertz CT molecular complexity index is 739. The molecule has 0 amide bonds. The van der Waals surface area contributed by atoms with Gasteiger partial charge in [-0.15, -0.1) is 5.92 Å². The van der Waals surface area contributed by atoms with E-state index in [1.165, 1.54) is 25.5 Å². The molecule has 2 rings (SSSR count). The summed E-state index contributed by atoms with van der Waals surface area (Å²) in [6.07, 6.45) is 9.30. The maximum atomic E-state index is 8.68. The molecule has 0 aromatic carbocycles. The Morgan fingerprint density at radius 2 is 2.11 bits per heavy atom. The van der Waals surface area contributed by atoms with E-state index >= 15 is 0 Å². The molecule has 0 radical (unpaired) electrons. The summed E-state index contributed by atoms with van der Waals surface area (Å²) in [4.78, 5) is 21.9. The molecule has 6 nitrogen and oxygen atoms in total. The van der Waals surface area contributed by atoms with E-state index in [-0.39, 0.29) is 43.6 Å². The van der Waals surface area contributed by atoms with Crippen molar-refractivity contribution in [3.05, 3.63) is 74.8 Å². The minimum atomic E-state index is -0.0446. The normalized spacial score (nSPS) is 10.9. The molecule has 2 aromatic heterocycles. The van der Waals surface area contributed by atoms with Gasteiger partial charge in [0.2, 0.25) is 0 Å². The molecule has 138 valence electrons. The van der Waals surface area contributed by atoms with Crippen molar-refractivity contribution in [3.8, 4) is 11.3 Å². The largest absolute Gasteiger partial charge is 1.00 e. The second kappa shape index (κ2) is 16.2. The fourth-order valence-electron chi connectivity index (χ4n) is 2.04. The molecule has 2 heterocycles. The van der Waals surface area contributed by atoms with Crippen LogP contribution in [0.25, 0.3) is 11.3 Å². The summed E-state index contributed by atoms with van der Waals surface area (Å²) in [6, 6.07) is 5.63. The van der Waals surface area contributed by atoms with Crippen molar-refractivity contribution >= 4 is 12.1 Å². The molecule has 0 saturated carbocycles. The van der Waals surface area contributed by atoms with Crippen LogP contribution in [-0.4, -0.2) is 21.2 Å². The summed E-state index contributed by atoms with van der Waals surface area (Å²) in [5.74, 6) is 1.20. The molecule has 8 heteroatoms. The van der Waals surface area contributed by atoms with Crippen LogP contribution < -0.4 is 48.8 Å². The molecule has 0 aliphatic rings. The van der Waals surface area contributed by atoms with Crippen molar-refractivity contribution in [1.29, 1.82) is 0 Å². The van der Waals surface area contributed by atoms with Gasteiger partial charge in [-0.05, 0) is 12.1 Å². The van der Waals surface area contributed by atoms with Crippen molar-refractivity contribution < 1.29 is 42.5 Å². The third-order valence-electron chi connectivity index (χ3n) is 3.25. The van der Waals surface area contributed by atoms with E-state index in [2.05, 4.69) is 34.1 Å². The number of hydrogen-bond donors (Lipinski definition) is 2. The Morgan fingerprint density at radius 1 is 1.43 bits per heavy atom. The van der Waals surface area contributed by atoms with Crippen molar-refractivity contribution in [2.45, 2.75) is 25.7 Å². The number of nitrogens with one attached hydrogen (secondary N) is 1. The first-order valence-corrected chi connectivity index (χ1v) is 8.04. The predicted octanol–water partition coefficient (Wildman–Crippen LogP) is -2.60. The first kappa shape index (κ1) is 28.4. The number of pyridine rings is 1. The average Bonchev–Trinajstić information content (AvgIpc) is 2.67. The van der Waals surface area contributed by atoms with Crippen molar-refractivity contribution in [2.75, 3.05) is 5.32 Å². The number of allylic oxidation sites excluding steroid dienone is 1. The number of nitrogens with two attached hydrogens (primary N) is 1. The zero-order valence-electron chi connectivity index (χ0n) is 16.9. The van der Waals surface area contributed by atoms with E-state index in [4.69, 9.17) is 17.1 Å². The molecule has 0 aliphatic carbocycles. The predicted molar refractivity (Wildman–Crippen MR) is 104 cm³/mol. The van der Waals surface area contributed by atoms with Crippen molar-refractivity contribution in [2.24, 2.45) is 5.73 Å². The van der Waals surface area contributed by atoms with Crippen molar-refractivity contribution in [3.63, 3.8) is 0 Å². The van der Waals surface area contributed by atoms with E-state index in [0.29, 0.717) is 17.3 Å². The van der Waals surface area contributed by atoms with Crippen LogP contribution in [0.5, 0.6) is 0 Å². The monoisotopic (exact) mass is 363 g/mol. The Kier molecular flexibility index (Phi) is 16.4. The van der Waals surface area contributed by atoms with Gasteiger partial charge in [-0.2, -0.15) is 13.3 Å². The number of anilines is 1. The molecule has 0 fully saturated rings. The van der Waals surface area contributed by atoms with Crippen LogP contribution in [0.2, 0.25) is 0 Å². The summed E-state index contributed by atoms with van der Waals surface area (Å²) in [5, 5.41) is 3.07. The number of nitrogens with zero attached hydrogens (tertiary/aromatic N) is 3. The third kappa shape index (κ3) is 9.40. The van der Waals surface area contributed by atoms with E-state index in [0.717, 1.165) is 24.1 Å². The van der Waals surface area contributed by atoms with Crippen LogP contribution in [0, 0.1) is 20.4 Å². The molecule has 3 N–H and O–H groups in total. The fraction of sp³-hybridized carbons (Fsp3) is 0.200. The Labute approximate surface area is 191 Å². The number of rotatable bonds is 7. The van der Waals surface area contributed by atoms with Gasteiger partial charge in [0.05, 0.1) is 5.69 Å². The van der Waals surface area contributed by atoms with Crippen LogP contribution in [0.1, 0.15) is 31.5 Å². The SMILES string of the molecule is C[C-]=O.[CH-]=C/C(=C\N)Nc1cc(-c2cccnc2)nc(C([CH2-])CC[CH2-])n1.[Li+].[Li+]. The molecular formula is C20H23Li2N5O-2. The fourth-order valence-corrected chi connectivity index (χ4v) is 2.04. The van der Waals surface area contributed by atoms with Gasteiger partial charge in [-0.1, -0.05) is 18.3 Å². The Balaban J connectivity index is 0. The number of aromatic nitrogens is 3. The molecule has 0 aliphatic heterocycles. The van der Waals surface area contributed by atoms with Gasteiger partial charge in [0.15, 0.2) is 0 Å². The summed E-state index contributed by atoms with van der Waals surface area (Å²) in [6.45, 7) is 14.8. The molecule has 28 heavy (non-hydrogen) atoms. The van der Waals surface area contributed by atoms with Crippen LogP contribution in [-0.2, 0) is 4.79 Å². The second-order valence-corrected chi connectivity index (χ2v) is 5.20. The molecule has 2 aromatic rings. The van der Waals surface area contributed by atoms with Gasteiger partial charge < -0.3 is 29.7 Å². The zero-order valence-corrected chi connectivity index (χ0v) is 16.9. The van der Waals surface area contributed by atoms with Crippen LogP contribution in [0.4, 0.5) is 5.82 Å². The van der Waals surface area contributed by atoms with E-state index in [1.807, 2.05) is 18.2 Å². The maximum absolute atomic E-state index is 8.68. The molecule has 0 bridgehead atoms. The smallest absolute Gasteiger partial charge is 0.542 e. The minimum absolute atomic E-state index is 0. The topological polar surface area (TPSA) is 93.8 Å². The first-order chi connectivity index (χ1) is 12.6. The van der Waals surface area contributed by atoms with Gasteiger partial charge in [-0.25, -0.2) is 16.0 Å². The zero-order chi connectivity index (χ0) is 19.4. The maximum Gasteiger partial charge on any atom is 1.00 e. The van der Waals surface area contributed by atoms with E-state index in [1.54, 1.807) is 12.4 Å². The average molecular weight is 363 g/mol. The molecule has 0 spiro atoms. The van der Waals surface area contributed by atoms with Gasteiger partial charge in [-0.3, -0.25) is 17.8 Å². The standard InChI is InChI=1S/C18H20N5.C2H3O.2Li/c1-4-7-13(3)18-22-16(14-8-6-9-20-12-14)10-17(23-18)21-15(5-2)11-19;1-2-3;;/h2,5-6,8-13H,1,3-4,7,19H2,(H,21,22,23);1H3;;/q-3;-1;2*+1/b15-11+;;;. The van der Waals surface area contributed by atoms with E-state index < -0.39 is 0 Å². The summed E-state index contributed by atoms with van der Waals surface area (Å²) in [7, 11) is 0. The number of carbonyl (C=O) groups excluding carboxylic acids is 1. The van der Waals surface area contributed by atoms with Crippen LogP contribution in [0.3, 0.4) is 0 Å². The number of hydrogen-bond acceptors (Lipinski definition) is 6.